The molecule has 1 unspecified atom stereocenters. The molecule has 1 aromatic carbocycles. The maximum Gasteiger partial charge on any atom is 0.266 e. The van der Waals surface area contributed by atoms with Crippen LogP contribution in [-0.4, -0.2) is 52.3 Å². The Hall–Kier alpha value is -3.27. The predicted octanol–water partition coefficient (Wildman–Crippen LogP) is 5.33. The van der Waals surface area contributed by atoms with Crippen LogP contribution in [0.5, 0.6) is 0 Å². The molecule has 2 saturated heterocycles. The lowest BCUT2D eigenvalue weighted by molar-refractivity contribution is -0.136. The highest BCUT2D eigenvalue weighted by atomic mass is 19.3. The maximum absolute atomic E-state index is 14.7. The van der Waals surface area contributed by atoms with Crippen molar-refractivity contribution in [3.63, 3.8) is 0 Å². The highest BCUT2D eigenvalue weighted by molar-refractivity contribution is 5.90. The molecule has 2 aromatic heterocycles. The van der Waals surface area contributed by atoms with E-state index in [-0.39, 0.29) is 23.3 Å². The third-order valence-corrected chi connectivity index (χ3v) is 7.48. The molecule has 2 fully saturated rings. The molecule has 37 heavy (non-hydrogen) atoms. The number of alkyl halides is 2. The number of ether oxygens (including phenoxy) is 1. The van der Waals surface area contributed by atoms with Crippen LogP contribution >= 0.6 is 0 Å². The van der Waals surface area contributed by atoms with Crippen LogP contribution < -0.4 is 5.32 Å². The summed E-state index contributed by atoms with van der Waals surface area (Å²) in [5.41, 5.74) is 1.87. The van der Waals surface area contributed by atoms with Crippen LogP contribution in [0.25, 0.3) is 10.9 Å². The Balaban J connectivity index is 1.36. The molecule has 0 bridgehead atoms. The number of fused-ring (bicyclic) bond motifs is 1. The number of hydrogen-bond acceptors (Lipinski definition) is 6. The number of aromatic nitrogens is 3. The normalized spacial score (nSPS) is 19.5. The van der Waals surface area contributed by atoms with E-state index in [4.69, 9.17) is 4.74 Å². The summed E-state index contributed by atoms with van der Waals surface area (Å²) in [4.78, 5) is 19.3. The lowest BCUT2D eigenvalue weighted by atomic mass is 9.89. The van der Waals surface area contributed by atoms with Gasteiger partial charge in [0.15, 0.2) is 5.82 Å². The van der Waals surface area contributed by atoms with E-state index in [1.54, 1.807) is 6.92 Å². The van der Waals surface area contributed by atoms with E-state index in [0.29, 0.717) is 43.3 Å². The number of likely N-dealkylation sites (tertiary alicyclic amines) is 1. The minimum absolute atomic E-state index is 0.0257. The lowest BCUT2D eigenvalue weighted by Crippen LogP contribution is -2.41. The number of rotatable bonds is 6. The van der Waals surface area contributed by atoms with Gasteiger partial charge in [-0.1, -0.05) is 18.2 Å². The van der Waals surface area contributed by atoms with Crippen LogP contribution in [-0.2, 0) is 9.53 Å². The van der Waals surface area contributed by atoms with Crippen molar-refractivity contribution in [2.45, 2.75) is 51.5 Å². The molecule has 4 heterocycles. The Bertz CT molecular complexity index is 1290. The first-order valence-electron chi connectivity index (χ1n) is 12.7. The van der Waals surface area contributed by atoms with Gasteiger partial charge >= 0.3 is 0 Å². The predicted molar refractivity (Wildman–Crippen MR) is 133 cm³/mol. The van der Waals surface area contributed by atoms with Crippen molar-refractivity contribution >= 4 is 22.6 Å². The number of carbonyl (C=O) groups excluding carboxylic acids is 1. The molecule has 196 valence electrons. The summed E-state index contributed by atoms with van der Waals surface area (Å²) in [7, 11) is 0. The van der Waals surface area contributed by atoms with Gasteiger partial charge in [-0.15, -0.1) is 5.10 Å². The number of nitrogens with zero attached hydrogens (tertiary/aromatic N) is 4. The number of carbonyl (C=O) groups is 1. The van der Waals surface area contributed by atoms with Gasteiger partial charge in [0.05, 0.1) is 35.3 Å². The molecule has 2 atom stereocenters. The lowest BCUT2D eigenvalue weighted by Gasteiger charge is -2.33. The van der Waals surface area contributed by atoms with Gasteiger partial charge in [-0.2, -0.15) is 5.10 Å². The minimum atomic E-state index is -2.90. The van der Waals surface area contributed by atoms with E-state index >= 15 is 0 Å². The van der Waals surface area contributed by atoms with Gasteiger partial charge in [-0.05, 0) is 50.7 Å². The van der Waals surface area contributed by atoms with E-state index in [0.717, 1.165) is 36.3 Å². The van der Waals surface area contributed by atoms with Crippen LogP contribution in [0.4, 0.5) is 19.0 Å². The summed E-state index contributed by atoms with van der Waals surface area (Å²) in [6.45, 7) is 6.05. The molecule has 3 aromatic rings. The molecular weight excluding hydrogens is 483 g/mol. The monoisotopic (exact) mass is 513 g/mol. The third kappa shape index (κ3) is 5.12. The van der Waals surface area contributed by atoms with E-state index in [9.17, 15) is 18.0 Å². The molecule has 1 N–H and O–H groups in total. The van der Waals surface area contributed by atoms with Gasteiger partial charge in [-0.3, -0.25) is 9.78 Å². The Morgan fingerprint density at radius 3 is 2.62 bits per heavy atom. The SMILES string of the molecule is Cc1nnc(N[C@H](C)c2cccc(C(F)F)c2F)c2cc(C3CCN(C(=O)C4CCOC4)CC3)cnc12. The van der Waals surface area contributed by atoms with Crippen molar-refractivity contribution < 1.29 is 22.7 Å². The summed E-state index contributed by atoms with van der Waals surface area (Å²) in [6, 6.07) is 5.40. The molecule has 2 aliphatic rings. The molecule has 0 saturated carbocycles. The van der Waals surface area contributed by atoms with E-state index in [1.165, 1.54) is 12.1 Å². The summed E-state index contributed by atoms with van der Waals surface area (Å²) < 4.78 is 46.5. The molecule has 7 nitrogen and oxygen atoms in total. The molecule has 10 heteroatoms. The number of benzene rings is 1. The molecule has 0 aliphatic carbocycles. The number of halogens is 3. The zero-order valence-electron chi connectivity index (χ0n) is 20.9. The van der Waals surface area contributed by atoms with Gasteiger partial charge < -0.3 is 15.0 Å². The molecule has 5 rings (SSSR count). The summed E-state index contributed by atoms with van der Waals surface area (Å²) in [5, 5.41) is 12.4. The second-order valence-electron chi connectivity index (χ2n) is 9.88. The maximum atomic E-state index is 14.7. The van der Waals surface area contributed by atoms with Crippen molar-refractivity contribution in [3.8, 4) is 0 Å². The number of hydrogen-bond donors (Lipinski definition) is 1. The number of pyridine rings is 1. The van der Waals surface area contributed by atoms with Crippen LogP contribution in [0.3, 0.4) is 0 Å². The standard InChI is InChI=1S/C27H30F3N5O2/c1-15(20-4-3-5-21(23(20)28)25(29)30)32-26-22-12-19(13-31-24(22)16(2)33-34-26)17-6-9-35(10-7-17)27(36)18-8-11-37-14-18/h3-5,12-13,15,17-18,25H,6-11,14H2,1-2H3,(H,32,34)/t15-,18?/m1/s1. The van der Waals surface area contributed by atoms with Gasteiger partial charge in [-0.25, -0.2) is 13.2 Å². The Morgan fingerprint density at radius 1 is 1.16 bits per heavy atom. The number of nitrogens with one attached hydrogen (secondary N) is 1. The molecule has 0 spiro atoms. The van der Waals surface area contributed by atoms with Crippen LogP contribution in [0.1, 0.15) is 67.0 Å². The van der Waals surface area contributed by atoms with E-state index < -0.39 is 23.8 Å². The third-order valence-electron chi connectivity index (χ3n) is 7.48. The molecular formula is C27H30F3N5O2. The van der Waals surface area contributed by atoms with Gasteiger partial charge in [0.2, 0.25) is 5.91 Å². The van der Waals surface area contributed by atoms with Crippen molar-refractivity contribution in [2.24, 2.45) is 5.92 Å². The Kier molecular flexibility index (Phi) is 7.28. The zero-order chi connectivity index (χ0) is 26.1. The number of amides is 1. The van der Waals surface area contributed by atoms with Crippen molar-refractivity contribution in [1.82, 2.24) is 20.1 Å². The highest BCUT2D eigenvalue weighted by Gasteiger charge is 2.31. The molecule has 1 amide bonds. The van der Waals surface area contributed by atoms with Crippen LogP contribution in [0.2, 0.25) is 0 Å². The van der Waals surface area contributed by atoms with Crippen molar-refractivity contribution in [3.05, 3.63) is 58.7 Å². The van der Waals surface area contributed by atoms with Crippen LogP contribution in [0, 0.1) is 18.7 Å². The first-order valence-corrected chi connectivity index (χ1v) is 12.7. The van der Waals surface area contributed by atoms with Gasteiger partial charge in [0, 0.05) is 36.8 Å². The Labute approximate surface area is 213 Å². The molecule has 0 radical (unpaired) electrons. The summed E-state index contributed by atoms with van der Waals surface area (Å²) >= 11 is 0. The fraction of sp³-hybridized carbons (Fsp3) is 0.481. The average molecular weight is 514 g/mol. The Morgan fingerprint density at radius 2 is 1.92 bits per heavy atom. The van der Waals surface area contributed by atoms with Crippen molar-refractivity contribution in [2.75, 3.05) is 31.6 Å². The number of anilines is 1. The molecule has 2 aliphatic heterocycles. The highest BCUT2D eigenvalue weighted by Crippen LogP contribution is 2.34. The largest absolute Gasteiger partial charge is 0.381 e. The fourth-order valence-corrected chi connectivity index (χ4v) is 5.28. The summed E-state index contributed by atoms with van der Waals surface area (Å²) in [6.07, 6.45) is 1.40. The first-order chi connectivity index (χ1) is 17.8. The second-order valence-corrected chi connectivity index (χ2v) is 9.88. The zero-order valence-corrected chi connectivity index (χ0v) is 20.9. The summed E-state index contributed by atoms with van der Waals surface area (Å²) in [5.74, 6) is -0.117. The minimum Gasteiger partial charge on any atom is -0.381 e. The number of aryl methyl sites for hydroxylation is 1. The first kappa shape index (κ1) is 25.4. The van der Waals surface area contributed by atoms with Crippen LogP contribution in [0.15, 0.2) is 30.5 Å². The van der Waals surface area contributed by atoms with Gasteiger partial charge in [0.25, 0.3) is 6.43 Å². The van der Waals surface area contributed by atoms with Crippen molar-refractivity contribution in [1.29, 1.82) is 0 Å². The van der Waals surface area contributed by atoms with E-state index in [1.807, 2.05) is 24.1 Å². The average Bonchev–Trinajstić information content (AvgIpc) is 3.45. The second kappa shape index (κ2) is 10.6. The quantitative estimate of drug-likeness (QED) is 0.480. The number of piperidine rings is 1. The smallest absolute Gasteiger partial charge is 0.266 e. The van der Waals surface area contributed by atoms with Gasteiger partial charge in [0.1, 0.15) is 5.82 Å². The fourth-order valence-electron chi connectivity index (χ4n) is 5.28. The topological polar surface area (TPSA) is 80.2 Å². The van der Waals surface area contributed by atoms with E-state index in [2.05, 4.69) is 20.5 Å².